The molecule has 0 bridgehead atoms. The van der Waals surface area contributed by atoms with Crippen LogP contribution >= 0.6 is 15.9 Å². The van der Waals surface area contributed by atoms with Crippen LogP contribution in [0.3, 0.4) is 0 Å². The second-order valence-electron chi connectivity index (χ2n) is 6.24. The van der Waals surface area contributed by atoms with Crippen LogP contribution in [0.25, 0.3) is 0 Å². The van der Waals surface area contributed by atoms with Crippen LogP contribution in [-0.2, 0) is 16.0 Å². The lowest BCUT2D eigenvalue weighted by Crippen LogP contribution is -2.36. The Kier molecular flexibility index (Phi) is 7.36. The highest BCUT2D eigenvalue weighted by molar-refractivity contribution is 9.10. The molecule has 2 N–H and O–H groups in total. The molecule has 0 atom stereocenters. The molecule has 0 aliphatic carbocycles. The molecule has 0 fully saturated rings. The number of aryl methyl sites for hydroxylation is 2. The van der Waals surface area contributed by atoms with Crippen molar-refractivity contribution in [2.45, 2.75) is 20.3 Å². The van der Waals surface area contributed by atoms with Gasteiger partial charge >= 0.3 is 0 Å². The molecule has 2 rings (SSSR count). The molecule has 2 amide bonds. The summed E-state index contributed by atoms with van der Waals surface area (Å²) in [5.74, 6) is -0.291. The Morgan fingerprint density at radius 1 is 1.00 bits per heavy atom. The molecule has 0 aromatic heterocycles. The van der Waals surface area contributed by atoms with Gasteiger partial charge < -0.3 is 10.6 Å². The van der Waals surface area contributed by atoms with E-state index in [2.05, 4.69) is 26.6 Å². The number of nitrogens with zero attached hydrogens (tertiary/aromatic N) is 1. The van der Waals surface area contributed by atoms with Gasteiger partial charge in [0.1, 0.15) is 0 Å². The van der Waals surface area contributed by atoms with Gasteiger partial charge in [0, 0.05) is 15.8 Å². The molecule has 0 spiro atoms. The number of benzene rings is 2. The van der Waals surface area contributed by atoms with E-state index in [0.717, 1.165) is 33.4 Å². The number of amides is 2. The molecule has 2 aromatic carbocycles. The average Bonchev–Trinajstić information content (AvgIpc) is 2.57. The molecule has 0 aliphatic rings. The zero-order valence-corrected chi connectivity index (χ0v) is 16.9. The Labute approximate surface area is 162 Å². The molecule has 0 saturated heterocycles. The number of para-hydroxylation sites is 1. The zero-order valence-electron chi connectivity index (χ0n) is 15.3. The third kappa shape index (κ3) is 5.97. The summed E-state index contributed by atoms with van der Waals surface area (Å²) in [7, 11) is 1.75. The second-order valence-corrected chi connectivity index (χ2v) is 7.15. The fourth-order valence-electron chi connectivity index (χ4n) is 2.64. The van der Waals surface area contributed by atoms with Crippen LogP contribution in [-0.4, -0.2) is 36.9 Å². The van der Waals surface area contributed by atoms with Gasteiger partial charge in [-0.1, -0.05) is 41.1 Å². The van der Waals surface area contributed by atoms with Crippen molar-refractivity contribution < 1.29 is 9.59 Å². The summed E-state index contributed by atoms with van der Waals surface area (Å²) in [6.45, 7) is 4.26. The van der Waals surface area contributed by atoms with Crippen molar-refractivity contribution in [2.75, 3.05) is 30.8 Å². The number of carbonyl (C=O) groups excluding carboxylic acids is 2. The van der Waals surface area contributed by atoms with E-state index in [1.807, 2.05) is 56.3 Å². The second kappa shape index (κ2) is 9.50. The summed E-state index contributed by atoms with van der Waals surface area (Å²) < 4.78 is 0.967. The van der Waals surface area contributed by atoms with Crippen LogP contribution in [0.1, 0.15) is 18.1 Å². The summed E-state index contributed by atoms with van der Waals surface area (Å²) in [6, 6.07) is 13.4. The normalized spacial score (nSPS) is 10.7. The van der Waals surface area contributed by atoms with Crippen LogP contribution in [0.15, 0.2) is 46.9 Å². The number of rotatable bonds is 7. The van der Waals surface area contributed by atoms with E-state index in [1.165, 1.54) is 0 Å². The Balaban J connectivity index is 1.86. The summed E-state index contributed by atoms with van der Waals surface area (Å²) in [4.78, 5) is 26.1. The molecule has 0 aliphatic heterocycles. The van der Waals surface area contributed by atoms with E-state index in [-0.39, 0.29) is 24.9 Å². The van der Waals surface area contributed by atoms with Gasteiger partial charge in [-0.3, -0.25) is 14.5 Å². The van der Waals surface area contributed by atoms with E-state index in [1.54, 1.807) is 11.9 Å². The number of hydrogen-bond acceptors (Lipinski definition) is 3. The maximum absolute atomic E-state index is 12.2. The molecule has 6 heteroatoms. The number of nitrogens with one attached hydrogen (secondary N) is 2. The number of anilines is 2. The largest absolute Gasteiger partial charge is 0.325 e. The number of hydrogen-bond donors (Lipinski definition) is 2. The molecule has 2 aromatic rings. The van der Waals surface area contributed by atoms with Gasteiger partial charge in [-0.2, -0.15) is 0 Å². The fraction of sp³-hybridized carbons (Fsp3) is 0.300. The van der Waals surface area contributed by atoms with Crippen LogP contribution in [0.2, 0.25) is 0 Å². The van der Waals surface area contributed by atoms with Crippen molar-refractivity contribution in [2.24, 2.45) is 0 Å². The van der Waals surface area contributed by atoms with Gasteiger partial charge in [-0.15, -0.1) is 0 Å². The van der Waals surface area contributed by atoms with Gasteiger partial charge in [0.05, 0.1) is 13.1 Å². The minimum Gasteiger partial charge on any atom is -0.325 e. The Morgan fingerprint density at radius 2 is 1.62 bits per heavy atom. The Morgan fingerprint density at radius 3 is 2.23 bits per heavy atom. The van der Waals surface area contributed by atoms with Crippen molar-refractivity contribution in [1.82, 2.24) is 4.90 Å². The molecular weight excluding hydrogens is 394 g/mol. The first-order valence-corrected chi connectivity index (χ1v) is 9.30. The summed E-state index contributed by atoms with van der Waals surface area (Å²) in [5.41, 5.74) is 3.66. The SMILES string of the molecule is CCc1ccccc1NC(=O)CN(C)CC(=O)Nc1ccc(Br)cc1C. The highest BCUT2D eigenvalue weighted by atomic mass is 79.9. The van der Waals surface area contributed by atoms with Crippen LogP contribution in [0.4, 0.5) is 11.4 Å². The van der Waals surface area contributed by atoms with Crippen molar-refractivity contribution in [3.8, 4) is 0 Å². The molecule has 26 heavy (non-hydrogen) atoms. The summed E-state index contributed by atoms with van der Waals surface area (Å²) in [5, 5.41) is 5.79. The Hall–Kier alpha value is -2.18. The Bertz CT molecular complexity index is 792. The van der Waals surface area contributed by atoms with Crippen molar-refractivity contribution in [3.63, 3.8) is 0 Å². The predicted octanol–water partition coefficient (Wildman–Crippen LogP) is 3.83. The lowest BCUT2D eigenvalue weighted by Gasteiger charge is -2.17. The maximum Gasteiger partial charge on any atom is 0.238 e. The minimum absolute atomic E-state index is 0.137. The van der Waals surface area contributed by atoms with Crippen molar-refractivity contribution >= 4 is 39.1 Å². The maximum atomic E-state index is 12.2. The molecule has 0 radical (unpaired) electrons. The molecule has 0 saturated carbocycles. The van der Waals surface area contributed by atoms with Crippen LogP contribution in [0.5, 0.6) is 0 Å². The zero-order chi connectivity index (χ0) is 19.1. The standard InChI is InChI=1S/C20H24BrN3O2/c1-4-15-7-5-6-8-18(15)23-20(26)13-24(3)12-19(25)22-17-10-9-16(21)11-14(17)2/h5-11H,4,12-13H2,1-3H3,(H,22,25)(H,23,26). The first-order valence-electron chi connectivity index (χ1n) is 8.51. The average molecular weight is 418 g/mol. The number of halogens is 1. The summed E-state index contributed by atoms with van der Waals surface area (Å²) >= 11 is 3.40. The molecule has 138 valence electrons. The van der Waals surface area contributed by atoms with E-state index < -0.39 is 0 Å². The first kappa shape index (κ1) is 20.1. The highest BCUT2D eigenvalue weighted by Gasteiger charge is 2.13. The van der Waals surface area contributed by atoms with Gasteiger partial charge in [0.25, 0.3) is 0 Å². The number of carbonyl (C=O) groups is 2. The van der Waals surface area contributed by atoms with E-state index in [0.29, 0.717) is 0 Å². The van der Waals surface area contributed by atoms with Crippen LogP contribution in [0, 0.1) is 6.92 Å². The van der Waals surface area contributed by atoms with Crippen molar-refractivity contribution in [3.05, 3.63) is 58.1 Å². The van der Waals surface area contributed by atoms with E-state index in [9.17, 15) is 9.59 Å². The van der Waals surface area contributed by atoms with E-state index in [4.69, 9.17) is 0 Å². The van der Waals surface area contributed by atoms with Crippen molar-refractivity contribution in [1.29, 1.82) is 0 Å². The molecular formula is C20H24BrN3O2. The monoisotopic (exact) mass is 417 g/mol. The smallest absolute Gasteiger partial charge is 0.238 e. The minimum atomic E-state index is -0.153. The molecule has 0 unspecified atom stereocenters. The summed E-state index contributed by atoms with van der Waals surface area (Å²) in [6.07, 6.45) is 0.848. The van der Waals surface area contributed by atoms with E-state index >= 15 is 0 Å². The quantitative estimate of drug-likeness (QED) is 0.719. The first-order chi connectivity index (χ1) is 12.4. The van der Waals surface area contributed by atoms with Gasteiger partial charge in [0.2, 0.25) is 11.8 Å². The predicted molar refractivity (Wildman–Crippen MR) is 109 cm³/mol. The van der Waals surface area contributed by atoms with Gasteiger partial charge in [0.15, 0.2) is 0 Å². The fourth-order valence-corrected chi connectivity index (χ4v) is 3.12. The number of likely N-dealkylation sites (N-methyl/N-ethyl adjacent to an activating group) is 1. The van der Waals surface area contributed by atoms with Gasteiger partial charge in [-0.05, 0) is 55.8 Å². The third-order valence-corrected chi connectivity index (χ3v) is 4.46. The molecule has 0 heterocycles. The lowest BCUT2D eigenvalue weighted by atomic mass is 10.1. The third-order valence-electron chi connectivity index (χ3n) is 3.96. The van der Waals surface area contributed by atoms with Crippen LogP contribution < -0.4 is 10.6 Å². The highest BCUT2D eigenvalue weighted by Crippen LogP contribution is 2.20. The topological polar surface area (TPSA) is 61.4 Å². The lowest BCUT2D eigenvalue weighted by molar-refractivity contribution is -0.119. The van der Waals surface area contributed by atoms with Gasteiger partial charge in [-0.25, -0.2) is 0 Å². The molecule has 5 nitrogen and oxygen atoms in total.